The van der Waals surface area contributed by atoms with Gasteiger partial charge in [-0.15, -0.1) is 0 Å². The highest BCUT2D eigenvalue weighted by atomic mass is 16.7. The fourth-order valence-electron chi connectivity index (χ4n) is 0.544. The Labute approximate surface area is 56.2 Å². The lowest BCUT2D eigenvalue weighted by Crippen LogP contribution is -2.20. The Balaban J connectivity index is 2.95. The molecule has 9 heavy (non-hydrogen) atoms. The van der Waals surface area contributed by atoms with E-state index in [0.717, 1.165) is 19.4 Å². The van der Waals surface area contributed by atoms with Crippen molar-refractivity contribution >= 4 is 0 Å². The molecular formula is C6H15NO2. The minimum Gasteiger partial charge on any atom is -0.369 e. The third-order valence-corrected chi connectivity index (χ3v) is 1.10. The van der Waals surface area contributed by atoms with Crippen LogP contribution in [0.3, 0.4) is 0 Å². The van der Waals surface area contributed by atoms with Crippen LogP contribution in [0.1, 0.15) is 19.8 Å². The summed E-state index contributed by atoms with van der Waals surface area (Å²) in [6.07, 6.45) is 2.26. The highest BCUT2D eigenvalue weighted by molar-refractivity contribution is 4.35. The Kier molecular flexibility index (Phi) is 5.93. The predicted molar refractivity (Wildman–Crippen MR) is 35.7 cm³/mol. The van der Waals surface area contributed by atoms with Crippen molar-refractivity contribution in [1.82, 2.24) is 5.06 Å². The first-order valence-electron chi connectivity index (χ1n) is 3.26. The normalized spacial score (nSPS) is 10.7. The molecule has 0 atom stereocenters. The predicted octanol–water partition coefficient (Wildman–Crippen LogP) is 0.600. The van der Waals surface area contributed by atoms with Gasteiger partial charge in [0, 0.05) is 13.6 Å². The smallest absolute Gasteiger partial charge is 0.164 e. The molecule has 0 aliphatic carbocycles. The molecule has 0 heterocycles. The Hall–Kier alpha value is -0.120. The molecule has 1 N–H and O–H groups in total. The average Bonchev–Trinajstić information content (AvgIpc) is 1.85. The first-order valence-corrected chi connectivity index (χ1v) is 3.26. The van der Waals surface area contributed by atoms with Crippen LogP contribution in [0, 0.1) is 0 Å². The second-order valence-electron chi connectivity index (χ2n) is 1.96. The van der Waals surface area contributed by atoms with Gasteiger partial charge in [-0.2, -0.15) is 5.06 Å². The van der Waals surface area contributed by atoms with E-state index in [4.69, 9.17) is 9.94 Å². The molecule has 0 rings (SSSR count). The molecule has 0 saturated carbocycles. The largest absolute Gasteiger partial charge is 0.369 e. The number of aliphatic hydroxyl groups excluding tert-OH is 1. The van der Waals surface area contributed by atoms with E-state index in [1.54, 1.807) is 5.06 Å². The summed E-state index contributed by atoms with van der Waals surface area (Å²) in [4.78, 5) is 4.73. The summed E-state index contributed by atoms with van der Waals surface area (Å²) in [6.45, 7) is 2.78. The molecule has 0 aromatic heterocycles. The number of unbranched alkanes of at least 4 members (excludes halogenated alkanes) is 1. The van der Waals surface area contributed by atoms with Crippen LogP contribution in [0.5, 0.6) is 0 Å². The van der Waals surface area contributed by atoms with Crippen molar-refractivity contribution < 1.29 is 9.94 Å². The van der Waals surface area contributed by atoms with Crippen molar-refractivity contribution in [2.45, 2.75) is 19.8 Å². The lowest BCUT2D eigenvalue weighted by Gasteiger charge is -2.12. The summed E-state index contributed by atoms with van der Waals surface area (Å²) in [5.41, 5.74) is 0. The molecule has 0 aromatic rings. The zero-order valence-electron chi connectivity index (χ0n) is 6.13. The van der Waals surface area contributed by atoms with Crippen LogP contribution in [0.25, 0.3) is 0 Å². The Morgan fingerprint density at radius 3 is 2.67 bits per heavy atom. The summed E-state index contributed by atoms with van der Waals surface area (Å²) >= 11 is 0. The van der Waals surface area contributed by atoms with Gasteiger partial charge in [-0.1, -0.05) is 13.3 Å². The van der Waals surface area contributed by atoms with Gasteiger partial charge in [0.05, 0.1) is 0 Å². The third kappa shape index (κ3) is 5.76. The second kappa shape index (κ2) is 6.01. The molecule has 0 aliphatic rings. The standard InChI is InChI=1S/C6H15NO2/c1-3-4-5-7(2)9-6-8/h8H,3-6H2,1-2H3. The minimum absolute atomic E-state index is 0.222. The number of hydrogen-bond donors (Lipinski definition) is 1. The molecule has 3 nitrogen and oxygen atoms in total. The maximum absolute atomic E-state index is 8.27. The molecule has 0 fully saturated rings. The van der Waals surface area contributed by atoms with Gasteiger partial charge in [-0.25, -0.2) is 0 Å². The van der Waals surface area contributed by atoms with Gasteiger partial charge in [0.2, 0.25) is 0 Å². The maximum Gasteiger partial charge on any atom is 0.164 e. The van der Waals surface area contributed by atoms with Gasteiger partial charge >= 0.3 is 0 Å². The lowest BCUT2D eigenvalue weighted by molar-refractivity contribution is -0.194. The summed E-state index contributed by atoms with van der Waals surface area (Å²) < 4.78 is 0. The highest BCUT2D eigenvalue weighted by Crippen LogP contribution is 1.90. The Bertz CT molecular complexity index is 59.0. The van der Waals surface area contributed by atoms with Crippen molar-refractivity contribution in [3.63, 3.8) is 0 Å². The third-order valence-electron chi connectivity index (χ3n) is 1.10. The van der Waals surface area contributed by atoms with E-state index >= 15 is 0 Å². The van der Waals surface area contributed by atoms with E-state index in [1.807, 2.05) is 7.05 Å². The van der Waals surface area contributed by atoms with Crippen molar-refractivity contribution in [2.24, 2.45) is 0 Å². The van der Waals surface area contributed by atoms with Gasteiger partial charge in [-0.05, 0) is 6.42 Å². The van der Waals surface area contributed by atoms with Crippen LogP contribution in [0.4, 0.5) is 0 Å². The minimum atomic E-state index is -0.222. The molecule has 0 aromatic carbocycles. The van der Waals surface area contributed by atoms with E-state index in [1.165, 1.54) is 0 Å². The number of rotatable bonds is 5. The molecule has 0 radical (unpaired) electrons. The first-order chi connectivity index (χ1) is 4.31. The average molecular weight is 133 g/mol. The Morgan fingerprint density at radius 1 is 1.56 bits per heavy atom. The number of nitrogens with zero attached hydrogens (tertiary/aromatic N) is 1. The highest BCUT2D eigenvalue weighted by Gasteiger charge is 1.93. The molecule has 3 heteroatoms. The van der Waals surface area contributed by atoms with Crippen LogP contribution in [0.2, 0.25) is 0 Å². The van der Waals surface area contributed by atoms with Crippen LogP contribution < -0.4 is 0 Å². The molecule has 0 spiro atoms. The SMILES string of the molecule is CCCCN(C)OCO. The molecular weight excluding hydrogens is 118 g/mol. The fraction of sp³-hybridized carbons (Fsp3) is 1.00. The quantitative estimate of drug-likeness (QED) is 0.440. The van der Waals surface area contributed by atoms with E-state index in [9.17, 15) is 0 Å². The Morgan fingerprint density at radius 2 is 2.22 bits per heavy atom. The zero-order chi connectivity index (χ0) is 7.11. The molecule has 0 aliphatic heterocycles. The first kappa shape index (κ1) is 8.88. The summed E-state index contributed by atoms with van der Waals surface area (Å²) in [6, 6.07) is 0. The lowest BCUT2D eigenvalue weighted by atomic mass is 10.3. The number of hydroxylamine groups is 2. The topological polar surface area (TPSA) is 32.7 Å². The van der Waals surface area contributed by atoms with Crippen molar-refractivity contribution in [3.8, 4) is 0 Å². The van der Waals surface area contributed by atoms with E-state index in [0.29, 0.717) is 0 Å². The van der Waals surface area contributed by atoms with Crippen LogP contribution >= 0.6 is 0 Å². The van der Waals surface area contributed by atoms with Crippen LogP contribution in [0.15, 0.2) is 0 Å². The summed E-state index contributed by atoms with van der Waals surface area (Å²) in [5, 5.41) is 9.91. The van der Waals surface area contributed by atoms with Crippen LogP contribution in [-0.4, -0.2) is 30.6 Å². The van der Waals surface area contributed by atoms with Gasteiger partial charge in [0.25, 0.3) is 0 Å². The van der Waals surface area contributed by atoms with Gasteiger partial charge in [0.1, 0.15) is 0 Å². The van der Waals surface area contributed by atoms with E-state index < -0.39 is 0 Å². The molecule has 0 bridgehead atoms. The van der Waals surface area contributed by atoms with Crippen molar-refractivity contribution in [1.29, 1.82) is 0 Å². The van der Waals surface area contributed by atoms with Crippen molar-refractivity contribution in [2.75, 3.05) is 20.4 Å². The molecule has 56 valence electrons. The molecule has 0 unspecified atom stereocenters. The van der Waals surface area contributed by atoms with Crippen molar-refractivity contribution in [3.05, 3.63) is 0 Å². The van der Waals surface area contributed by atoms with Gasteiger partial charge in [-0.3, -0.25) is 4.84 Å². The molecule has 0 amide bonds. The second-order valence-corrected chi connectivity index (χ2v) is 1.96. The van der Waals surface area contributed by atoms with E-state index in [-0.39, 0.29) is 6.79 Å². The van der Waals surface area contributed by atoms with Gasteiger partial charge in [0.15, 0.2) is 6.79 Å². The zero-order valence-corrected chi connectivity index (χ0v) is 6.13. The summed E-state index contributed by atoms with van der Waals surface area (Å²) in [5.74, 6) is 0. The van der Waals surface area contributed by atoms with Gasteiger partial charge < -0.3 is 5.11 Å². The fourth-order valence-corrected chi connectivity index (χ4v) is 0.544. The number of hydrogen-bond acceptors (Lipinski definition) is 3. The number of aliphatic hydroxyl groups is 1. The molecule has 0 saturated heterocycles. The van der Waals surface area contributed by atoms with Crippen LogP contribution in [-0.2, 0) is 4.84 Å². The summed E-state index contributed by atoms with van der Waals surface area (Å²) in [7, 11) is 1.81. The monoisotopic (exact) mass is 133 g/mol. The maximum atomic E-state index is 8.27. The van der Waals surface area contributed by atoms with E-state index in [2.05, 4.69) is 6.92 Å².